The number of anilines is 2. The standard InChI is InChI=1S/C21H20ClN3O3/c1-3-27-18-9-7-16(8-10-18)23-13-19(20-11-14(2)25-28-20)21(26)24-17-6-4-5-15(22)12-17/h4-13,23H,3H2,1-2H3,(H,24,26)/b19-13-. The molecule has 0 atom stereocenters. The summed E-state index contributed by atoms with van der Waals surface area (Å²) in [6, 6.07) is 16.0. The summed E-state index contributed by atoms with van der Waals surface area (Å²) in [4.78, 5) is 12.8. The second kappa shape index (κ2) is 9.10. The molecule has 2 aromatic carbocycles. The maximum Gasteiger partial charge on any atom is 0.261 e. The van der Waals surface area contributed by atoms with Crippen LogP contribution in [0.3, 0.4) is 0 Å². The van der Waals surface area contributed by atoms with Gasteiger partial charge in [-0.1, -0.05) is 22.8 Å². The first kappa shape index (κ1) is 19.5. The Morgan fingerprint density at radius 2 is 1.96 bits per heavy atom. The Morgan fingerprint density at radius 3 is 2.61 bits per heavy atom. The second-order valence-corrected chi connectivity index (χ2v) is 6.39. The van der Waals surface area contributed by atoms with Crippen molar-refractivity contribution >= 4 is 34.5 Å². The first-order valence-electron chi connectivity index (χ1n) is 8.75. The van der Waals surface area contributed by atoms with Gasteiger partial charge in [0, 0.05) is 28.7 Å². The monoisotopic (exact) mass is 397 g/mol. The Hall–Kier alpha value is -3.25. The van der Waals surface area contributed by atoms with E-state index in [1.807, 2.05) is 31.2 Å². The largest absolute Gasteiger partial charge is 0.494 e. The lowest BCUT2D eigenvalue weighted by Gasteiger charge is -2.09. The Kier molecular flexibility index (Phi) is 6.34. The summed E-state index contributed by atoms with van der Waals surface area (Å²) < 4.78 is 10.7. The Bertz CT molecular complexity index is 981. The number of aryl methyl sites for hydroxylation is 1. The average molecular weight is 398 g/mol. The van der Waals surface area contributed by atoms with Gasteiger partial charge in [0.25, 0.3) is 5.91 Å². The van der Waals surface area contributed by atoms with Crippen molar-refractivity contribution in [2.24, 2.45) is 0 Å². The lowest BCUT2D eigenvalue weighted by molar-refractivity contribution is -0.111. The molecule has 1 aromatic heterocycles. The molecule has 0 spiro atoms. The van der Waals surface area contributed by atoms with Crippen LogP contribution in [0.4, 0.5) is 11.4 Å². The normalized spacial score (nSPS) is 11.2. The van der Waals surface area contributed by atoms with Crippen molar-refractivity contribution < 1.29 is 14.1 Å². The van der Waals surface area contributed by atoms with Crippen molar-refractivity contribution in [2.75, 3.05) is 17.2 Å². The number of halogens is 1. The first-order valence-corrected chi connectivity index (χ1v) is 9.13. The van der Waals surface area contributed by atoms with Crippen LogP contribution in [0.1, 0.15) is 18.4 Å². The maximum absolute atomic E-state index is 12.8. The number of nitrogens with zero attached hydrogens (tertiary/aromatic N) is 1. The van der Waals surface area contributed by atoms with E-state index in [-0.39, 0.29) is 5.91 Å². The summed E-state index contributed by atoms with van der Waals surface area (Å²) in [5.74, 6) is 0.786. The minimum atomic E-state index is -0.350. The molecule has 0 radical (unpaired) electrons. The van der Waals surface area contributed by atoms with E-state index >= 15 is 0 Å². The van der Waals surface area contributed by atoms with Crippen molar-refractivity contribution in [2.45, 2.75) is 13.8 Å². The third kappa shape index (κ3) is 5.14. The van der Waals surface area contributed by atoms with E-state index in [1.165, 1.54) is 0 Å². The summed E-state index contributed by atoms with van der Waals surface area (Å²) in [6.45, 7) is 4.32. The maximum atomic E-state index is 12.8. The molecule has 1 heterocycles. The van der Waals surface area contributed by atoms with E-state index in [0.29, 0.717) is 34.3 Å². The molecular weight excluding hydrogens is 378 g/mol. The summed E-state index contributed by atoms with van der Waals surface area (Å²) in [5, 5.41) is 10.3. The Labute approximate surface area is 168 Å². The van der Waals surface area contributed by atoms with Crippen LogP contribution in [0, 0.1) is 6.92 Å². The number of hydrogen-bond donors (Lipinski definition) is 2. The SMILES string of the molecule is CCOc1ccc(N/C=C(\C(=O)Nc2cccc(Cl)c2)c2cc(C)no2)cc1. The van der Waals surface area contributed by atoms with Gasteiger partial charge in [0.1, 0.15) is 11.3 Å². The molecule has 28 heavy (non-hydrogen) atoms. The fourth-order valence-corrected chi connectivity index (χ4v) is 2.66. The zero-order valence-electron chi connectivity index (χ0n) is 15.5. The molecule has 1 amide bonds. The molecule has 0 aliphatic heterocycles. The number of carbonyl (C=O) groups excluding carboxylic acids is 1. The lowest BCUT2D eigenvalue weighted by atomic mass is 10.2. The van der Waals surface area contributed by atoms with Crippen LogP contribution in [0.5, 0.6) is 5.75 Å². The number of amides is 1. The van der Waals surface area contributed by atoms with Crippen molar-refractivity contribution in [3.8, 4) is 5.75 Å². The molecule has 0 unspecified atom stereocenters. The highest BCUT2D eigenvalue weighted by molar-refractivity contribution is 6.31. The van der Waals surface area contributed by atoms with Gasteiger partial charge >= 0.3 is 0 Å². The number of ether oxygens (including phenoxy) is 1. The number of rotatable bonds is 7. The van der Waals surface area contributed by atoms with Gasteiger partial charge in [-0.2, -0.15) is 0 Å². The molecule has 3 rings (SSSR count). The fraction of sp³-hybridized carbons (Fsp3) is 0.143. The molecule has 7 heteroatoms. The van der Waals surface area contributed by atoms with Gasteiger partial charge < -0.3 is 19.9 Å². The zero-order valence-corrected chi connectivity index (χ0v) is 16.3. The van der Waals surface area contributed by atoms with Crippen LogP contribution < -0.4 is 15.4 Å². The van der Waals surface area contributed by atoms with Gasteiger partial charge in [-0.3, -0.25) is 4.79 Å². The molecule has 144 valence electrons. The average Bonchev–Trinajstić information content (AvgIpc) is 3.09. The zero-order chi connectivity index (χ0) is 19.9. The van der Waals surface area contributed by atoms with Crippen LogP contribution >= 0.6 is 11.6 Å². The van der Waals surface area contributed by atoms with Crippen molar-refractivity contribution in [3.05, 3.63) is 77.3 Å². The highest BCUT2D eigenvalue weighted by Crippen LogP contribution is 2.22. The van der Waals surface area contributed by atoms with Crippen LogP contribution in [0.2, 0.25) is 5.02 Å². The number of benzene rings is 2. The van der Waals surface area contributed by atoms with Crippen molar-refractivity contribution in [3.63, 3.8) is 0 Å². The summed E-state index contributed by atoms with van der Waals surface area (Å²) in [6.07, 6.45) is 1.58. The smallest absolute Gasteiger partial charge is 0.261 e. The molecule has 2 N–H and O–H groups in total. The number of aromatic nitrogens is 1. The minimum Gasteiger partial charge on any atom is -0.494 e. The van der Waals surface area contributed by atoms with Gasteiger partial charge in [0.05, 0.1) is 12.3 Å². The predicted octanol–water partition coefficient (Wildman–Crippen LogP) is 5.13. The van der Waals surface area contributed by atoms with Gasteiger partial charge in [-0.05, 0) is 56.3 Å². The van der Waals surface area contributed by atoms with Gasteiger partial charge in [0.2, 0.25) is 0 Å². The van der Waals surface area contributed by atoms with E-state index in [1.54, 1.807) is 43.5 Å². The molecule has 6 nitrogen and oxygen atoms in total. The number of nitrogens with one attached hydrogen (secondary N) is 2. The molecule has 0 saturated heterocycles. The van der Waals surface area contributed by atoms with Crippen molar-refractivity contribution in [1.82, 2.24) is 5.16 Å². The van der Waals surface area contributed by atoms with Gasteiger partial charge in [-0.15, -0.1) is 0 Å². The van der Waals surface area contributed by atoms with Crippen LogP contribution in [-0.2, 0) is 4.79 Å². The summed E-state index contributed by atoms with van der Waals surface area (Å²) >= 11 is 5.99. The van der Waals surface area contributed by atoms with Crippen LogP contribution in [0.15, 0.2) is 65.3 Å². The van der Waals surface area contributed by atoms with E-state index in [2.05, 4.69) is 15.8 Å². The van der Waals surface area contributed by atoms with Gasteiger partial charge in [0.15, 0.2) is 5.76 Å². The third-order valence-corrected chi connectivity index (χ3v) is 4.00. The van der Waals surface area contributed by atoms with E-state index < -0.39 is 0 Å². The number of hydrogen-bond acceptors (Lipinski definition) is 5. The highest BCUT2D eigenvalue weighted by atomic mass is 35.5. The Balaban J connectivity index is 1.82. The molecule has 0 saturated carbocycles. The molecule has 0 bridgehead atoms. The van der Waals surface area contributed by atoms with E-state index in [4.69, 9.17) is 20.9 Å². The summed E-state index contributed by atoms with van der Waals surface area (Å²) in [7, 11) is 0. The minimum absolute atomic E-state index is 0.300. The fourth-order valence-electron chi connectivity index (χ4n) is 2.47. The predicted molar refractivity (Wildman–Crippen MR) is 111 cm³/mol. The summed E-state index contributed by atoms with van der Waals surface area (Å²) in [5.41, 5.74) is 2.36. The Morgan fingerprint density at radius 1 is 1.18 bits per heavy atom. The van der Waals surface area contributed by atoms with Crippen LogP contribution in [0.25, 0.3) is 5.57 Å². The van der Waals surface area contributed by atoms with Crippen LogP contribution in [-0.4, -0.2) is 17.7 Å². The van der Waals surface area contributed by atoms with E-state index in [9.17, 15) is 4.79 Å². The third-order valence-electron chi connectivity index (χ3n) is 3.77. The van der Waals surface area contributed by atoms with E-state index in [0.717, 1.165) is 11.4 Å². The topological polar surface area (TPSA) is 76.4 Å². The lowest BCUT2D eigenvalue weighted by Crippen LogP contribution is -2.14. The molecule has 0 aliphatic carbocycles. The molecular formula is C21H20ClN3O3. The second-order valence-electron chi connectivity index (χ2n) is 5.96. The quantitative estimate of drug-likeness (QED) is 0.540. The molecule has 0 fully saturated rings. The van der Waals surface area contributed by atoms with Crippen molar-refractivity contribution in [1.29, 1.82) is 0 Å². The first-order chi connectivity index (χ1) is 13.5. The highest BCUT2D eigenvalue weighted by Gasteiger charge is 2.17. The van der Waals surface area contributed by atoms with Gasteiger partial charge in [-0.25, -0.2) is 0 Å². The molecule has 3 aromatic rings. The number of carbonyl (C=O) groups is 1. The molecule has 0 aliphatic rings.